The van der Waals surface area contributed by atoms with Crippen LogP contribution in [0.5, 0.6) is 0 Å². The summed E-state index contributed by atoms with van der Waals surface area (Å²) in [5.74, 6) is 0. The van der Waals surface area contributed by atoms with Crippen molar-refractivity contribution in [3.8, 4) is 0 Å². The molecule has 5 nitrogen and oxygen atoms in total. The number of hydrogen-bond acceptors (Lipinski definition) is 3. The van der Waals surface area contributed by atoms with E-state index < -0.39 is 10.0 Å². The van der Waals surface area contributed by atoms with Crippen LogP contribution in [0, 0.1) is 5.41 Å². The van der Waals surface area contributed by atoms with Gasteiger partial charge in [-0.2, -0.15) is 0 Å². The zero-order valence-corrected chi connectivity index (χ0v) is 11.2. The van der Waals surface area contributed by atoms with Crippen LogP contribution in [0.4, 0.5) is 0 Å². The Morgan fingerprint density at radius 1 is 1.44 bits per heavy atom. The average Bonchev–Trinajstić information content (AvgIpc) is 2.43. The lowest BCUT2D eigenvalue weighted by Gasteiger charge is -2.30. The van der Waals surface area contributed by atoms with E-state index >= 15 is 0 Å². The Bertz CT molecular complexity index is 457. The lowest BCUT2D eigenvalue weighted by atomic mass is 9.85. The van der Waals surface area contributed by atoms with E-state index in [2.05, 4.69) is 9.71 Å². The van der Waals surface area contributed by atoms with Crippen LogP contribution in [0.1, 0.15) is 32.5 Å². The first kappa shape index (κ1) is 13.2. The molecule has 1 N–H and O–H groups in total. The SMILES string of the molecule is Cn1cncc1C(NS(C)(=O)=O)C(C)(C)C. The molecule has 1 atom stereocenters. The lowest BCUT2D eigenvalue weighted by molar-refractivity contribution is 0.294. The molecular weight excluding hydrogens is 226 g/mol. The van der Waals surface area contributed by atoms with Crippen molar-refractivity contribution in [2.24, 2.45) is 12.5 Å². The van der Waals surface area contributed by atoms with Crippen LogP contribution in [0.2, 0.25) is 0 Å². The number of nitrogens with one attached hydrogen (secondary N) is 1. The van der Waals surface area contributed by atoms with Crippen LogP contribution < -0.4 is 4.72 Å². The Labute approximate surface area is 96.9 Å². The van der Waals surface area contributed by atoms with E-state index in [-0.39, 0.29) is 11.5 Å². The minimum absolute atomic E-state index is 0.211. The second-order valence-electron chi connectivity index (χ2n) is 5.12. The molecule has 1 aromatic rings. The first-order chi connectivity index (χ1) is 7.11. The highest BCUT2D eigenvalue weighted by molar-refractivity contribution is 7.88. The van der Waals surface area contributed by atoms with Crippen LogP contribution in [-0.2, 0) is 17.1 Å². The molecule has 1 rings (SSSR count). The predicted octanol–water partition coefficient (Wildman–Crippen LogP) is 1.06. The molecule has 1 aromatic heterocycles. The summed E-state index contributed by atoms with van der Waals surface area (Å²) in [6, 6.07) is -0.282. The number of aromatic nitrogens is 2. The molecule has 16 heavy (non-hydrogen) atoms. The molecule has 0 aliphatic rings. The van der Waals surface area contributed by atoms with Crippen molar-refractivity contribution >= 4 is 10.0 Å². The van der Waals surface area contributed by atoms with E-state index in [1.54, 1.807) is 12.5 Å². The second-order valence-corrected chi connectivity index (χ2v) is 6.90. The van der Waals surface area contributed by atoms with E-state index in [9.17, 15) is 8.42 Å². The van der Waals surface area contributed by atoms with Crippen molar-refractivity contribution < 1.29 is 8.42 Å². The van der Waals surface area contributed by atoms with E-state index in [0.717, 1.165) is 5.69 Å². The quantitative estimate of drug-likeness (QED) is 0.866. The molecule has 6 heteroatoms. The number of nitrogens with zero attached hydrogens (tertiary/aromatic N) is 2. The minimum Gasteiger partial charge on any atom is -0.336 e. The number of hydrogen-bond donors (Lipinski definition) is 1. The first-order valence-electron chi connectivity index (χ1n) is 5.05. The van der Waals surface area contributed by atoms with Crippen LogP contribution in [0.25, 0.3) is 0 Å². The molecule has 92 valence electrons. The summed E-state index contributed by atoms with van der Waals surface area (Å²) in [4.78, 5) is 4.01. The molecule has 0 fully saturated rings. The molecule has 0 aliphatic heterocycles. The molecule has 0 spiro atoms. The summed E-state index contributed by atoms with van der Waals surface area (Å²) in [6.45, 7) is 5.97. The van der Waals surface area contributed by atoms with E-state index in [1.165, 1.54) is 6.26 Å². The van der Waals surface area contributed by atoms with Gasteiger partial charge in [0.25, 0.3) is 0 Å². The highest BCUT2D eigenvalue weighted by Gasteiger charge is 2.30. The summed E-state index contributed by atoms with van der Waals surface area (Å²) in [6.07, 6.45) is 4.52. The number of aryl methyl sites for hydroxylation is 1. The Hall–Kier alpha value is -0.880. The van der Waals surface area contributed by atoms with Crippen LogP contribution in [0.15, 0.2) is 12.5 Å². The third kappa shape index (κ3) is 3.31. The van der Waals surface area contributed by atoms with Crippen molar-refractivity contribution in [2.45, 2.75) is 26.8 Å². The van der Waals surface area contributed by atoms with E-state index in [1.807, 2.05) is 32.4 Å². The lowest BCUT2D eigenvalue weighted by Crippen LogP contribution is -2.37. The predicted molar refractivity (Wildman–Crippen MR) is 63.4 cm³/mol. The fourth-order valence-corrected chi connectivity index (χ4v) is 2.44. The van der Waals surface area contributed by atoms with Gasteiger partial charge in [0.15, 0.2) is 0 Å². The Balaban J connectivity index is 3.13. The molecular formula is C10H19N3O2S. The standard InChI is InChI=1S/C10H19N3O2S/c1-10(2,3)9(12-16(5,14)15)8-6-11-7-13(8)4/h6-7,9,12H,1-5H3. The number of rotatable bonds is 3. The monoisotopic (exact) mass is 245 g/mol. The fraction of sp³-hybridized carbons (Fsp3) is 0.700. The highest BCUT2D eigenvalue weighted by atomic mass is 32.2. The van der Waals surface area contributed by atoms with Crippen molar-refractivity contribution in [1.82, 2.24) is 14.3 Å². The summed E-state index contributed by atoms with van der Waals surface area (Å²) < 4.78 is 27.2. The molecule has 0 amide bonds. The molecule has 1 unspecified atom stereocenters. The normalized spacial score (nSPS) is 15.1. The molecule has 0 aliphatic carbocycles. The third-order valence-corrected chi connectivity index (χ3v) is 3.01. The second kappa shape index (κ2) is 4.18. The maximum absolute atomic E-state index is 11.4. The van der Waals surface area contributed by atoms with Gasteiger partial charge < -0.3 is 4.57 Å². The van der Waals surface area contributed by atoms with Gasteiger partial charge in [-0.05, 0) is 5.41 Å². The maximum Gasteiger partial charge on any atom is 0.209 e. The van der Waals surface area contributed by atoms with Crippen molar-refractivity contribution in [3.63, 3.8) is 0 Å². The summed E-state index contributed by atoms with van der Waals surface area (Å²) >= 11 is 0. The summed E-state index contributed by atoms with van der Waals surface area (Å²) in [7, 11) is -1.39. The average molecular weight is 245 g/mol. The van der Waals surface area contributed by atoms with Crippen molar-refractivity contribution in [1.29, 1.82) is 0 Å². The summed E-state index contributed by atoms with van der Waals surface area (Å²) in [5, 5.41) is 0. The Morgan fingerprint density at radius 3 is 2.31 bits per heavy atom. The fourth-order valence-electron chi connectivity index (χ4n) is 1.54. The van der Waals surface area contributed by atoms with Crippen LogP contribution in [-0.4, -0.2) is 24.2 Å². The molecule has 0 saturated carbocycles. The zero-order valence-electron chi connectivity index (χ0n) is 10.4. The van der Waals surface area contributed by atoms with Gasteiger partial charge in [0.2, 0.25) is 10.0 Å². The van der Waals surface area contributed by atoms with Gasteiger partial charge in [-0.15, -0.1) is 0 Å². The molecule has 0 aromatic carbocycles. The molecule has 0 saturated heterocycles. The topological polar surface area (TPSA) is 64.0 Å². The van der Waals surface area contributed by atoms with Gasteiger partial charge >= 0.3 is 0 Å². The van der Waals surface area contributed by atoms with Gasteiger partial charge in [-0.3, -0.25) is 0 Å². The molecule has 0 radical (unpaired) electrons. The van der Waals surface area contributed by atoms with E-state index in [4.69, 9.17) is 0 Å². The van der Waals surface area contributed by atoms with E-state index in [0.29, 0.717) is 0 Å². The number of imidazole rings is 1. The first-order valence-corrected chi connectivity index (χ1v) is 6.94. The van der Waals surface area contributed by atoms with Crippen molar-refractivity contribution in [3.05, 3.63) is 18.2 Å². The smallest absolute Gasteiger partial charge is 0.209 e. The van der Waals surface area contributed by atoms with Gasteiger partial charge in [-0.25, -0.2) is 18.1 Å². The highest BCUT2D eigenvalue weighted by Crippen LogP contribution is 2.32. The van der Waals surface area contributed by atoms with Gasteiger partial charge in [0.1, 0.15) is 0 Å². The summed E-state index contributed by atoms with van der Waals surface area (Å²) in [5.41, 5.74) is 0.648. The van der Waals surface area contributed by atoms with Crippen LogP contribution >= 0.6 is 0 Å². The minimum atomic E-state index is -3.24. The van der Waals surface area contributed by atoms with Gasteiger partial charge in [0.05, 0.1) is 24.3 Å². The third-order valence-electron chi connectivity index (χ3n) is 2.35. The Kier molecular flexibility index (Phi) is 3.44. The zero-order chi connectivity index (χ0) is 12.6. The maximum atomic E-state index is 11.4. The molecule has 1 heterocycles. The largest absolute Gasteiger partial charge is 0.336 e. The van der Waals surface area contributed by atoms with Gasteiger partial charge in [0, 0.05) is 13.2 Å². The molecule has 0 bridgehead atoms. The Morgan fingerprint density at radius 2 is 2.00 bits per heavy atom. The van der Waals surface area contributed by atoms with Crippen LogP contribution in [0.3, 0.4) is 0 Å². The van der Waals surface area contributed by atoms with Gasteiger partial charge in [-0.1, -0.05) is 20.8 Å². The number of sulfonamides is 1. The van der Waals surface area contributed by atoms with Crippen molar-refractivity contribution in [2.75, 3.05) is 6.26 Å².